The normalized spacial score (nSPS) is 20.9. The van der Waals surface area contributed by atoms with Gasteiger partial charge in [-0.2, -0.15) is 0 Å². The molecular weight excluding hydrogens is 200 g/mol. The summed E-state index contributed by atoms with van der Waals surface area (Å²) in [5.74, 6) is -0.0321. The van der Waals surface area contributed by atoms with Gasteiger partial charge in [-0.1, -0.05) is 17.7 Å². The van der Waals surface area contributed by atoms with Gasteiger partial charge in [0.2, 0.25) is 5.91 Å². The lowest BCUT2D eigenvalue weighted by atomic mass is 10.1. The van der Waals surface area contributed by atoms with E-state index in [2.05, 4.69) is 0 Å². The molecule has 2 N–H and O–H groups in total. The molecule has 1 amide bonds. The third kappa shape index (κ3) is 1.29. The molecule has 0 aromatic heterocycles. The summed E-state index contributed by atoms with van der Waals surface area (Å²) < 4.78 is 0. The first-order valence-electron chi connectivity index (χ1n) is 4.43. The standard InChI is InChI=1S/C10H11ClN2O/c1-6-7(11)3-2-4-9(6)13-5-8(12)10(13)14/h2-4,8H,5,12H2,1H3. The molecule has 14 heavy (non-hydrogen) atoms. The highest BCUT2D eigenvalue weighted by Gasteiger charge is 2.35. The Bertz CT molecular complexity index is 392. The monoisotopic (exact) mass is 210 g/mol. The van der Waals surface area contributed by atoms with E-state index in [0.717, 1.165) is 11.3 Å². The van der Waals surface area contributed by atoms with Crippen LogP contribution in [0.25, 0.3) is 0 Å². The Hall–Kier alpha value is -1.06. The topological polar surface area (TPSA) is 46.3 Å². The van der Waals surface area contributed by atoms with E-state index in [9.17, 15) is 4.79 Å². The molecule has 0 spiro atoms. The van der Waals surface area contributed by atoms with E-state index >= 15 is 0 Å². The van der Waals surface area contributed by atoms with E-state index in [4.69, 9.17) is 17.3 Å². The molecule has 0 radical (unpaired) electrons. The number of benzene rings is 1. The van der Waals surface area contributed by atoms with Crippen molar-refractivity contribution in [2.45, 2.75) is 13.0 Å². The van der Waals surface area contributed by atoms with E-state index in [1.165, 1.54) is 0 Å². The molecule has 1 fully saturated rings. The van der Waals surface area contributed by atoms with Gasteiger partial charge in [0, 0.05) is 10.7 Å². The predicted molar refractivity (Wildman–Crippen MR) is 56.5 cm³/mol. The number of carbonyl (C=O) groups is 1. The fourth-order valence-electron chi connectivity index (χ4n) is 1.56. The third-order valence-electron chi connectivity index (χ3n) is 2.49. The Kier molecular flexibility index (Phi) is 2.21. The van der Waals surface area contributed by atoms with Crippen LogP contribution in [0.4, 0.5) is 5.69 Å². The van der Waals surface area contributed by atoms with Crippen molar-refractivity contribution in [1.82, 2.24) is 0 Å². The minimum absolute atomic E-state index is 0.0321. The first-order chi connectivity index (χ1) is 6.61. The lowest BCUT2D eigenvalue weighted by molar-refractivity contribution is -0.123. The number of β-lactam (4-membered cyclic amide) rings is 1. The zero-order valence-electron chi connectivity index (χ0n) is 7.83. The minimum atomic E-state index is -0.339. The summed E-state index contributed by atoms with van der Waals surface area (Å²) in [6, 6.07) is 5.19. The largest absolute Gasteiger partial charge is 0.318 e. The van der Waals surface area contributed by atoms with Gasteiger partial charge in [0.15, 0.2) is 0 Å². The summed E-state index contributed by atoms with van der Waals surface area (Å²) in [4.78, 5) is 13.0. The van der Waals surface area contributed by atoms with Crippen molar-refractivity contribution < 1.29 is 4.79 Å². The summed E-state index contributed by atoms with van der Waals surface area (Å²) in [7, 11) is 0. The summed E-state index contributed by atoms with van der Waals surface area (Å²) in [6.07, 6.45) is 0. The van der Waals surface area contributed by atoms with Crippen LogP contribution in [0.3, 0.4) is 0 Å². The van der Waals surface area contributed by atoms with Gasteiger partial charge in [0.05, 0.1) is 6.54 Å². The van der Waals surface area contributed by atoms with Crippen molar-refractivity contribution in [1.29, 1.82) is 0 Å². The van der Waals surface area contributed by atoms with Crippen molar-refractivity contribution in [3.63, 3.8) is 0 Å². The molecule has 2 rings (SSSR count). The van der Waals surface area contributed by atoms with Gasteiger partial charge >= 0.3 is 0 Å². The van der Waals surface area contributed by atoms with Crippen LogP contribution in [0, 0.1) is 6.92 Å². The van der Waals surface area contributed by atoms with Crippen LogP contribution in [-0.2, 0) is 4.79 Å². The minimum Gasteiger partial charge on any atom is -0.318 e. The quantitative estimate of drug-likeness (QED) is 0.711. The predicted octanol–water partition coefficient (Wildman–Crippen LogP) is 1.32. The third-order valence-corrected chi connectivity index (χ3v) is 2.90. The van der Waals surface area contributed by atoms with Gasteiger partial charge in [0.1, 0.15) is 6.04 Å². The van der Waals surface area contributed by atoms with E-state index < -0.39 is 0 Å². The van der Waals surface area contributed by atoms with Crippen LogP contribution >= 0.6 is 11.6 Å². The highest BCUT2D eigenvalue weighted by atomic mass is 35.5. The summed E-state index contributed by atoms with van der Waals surface area (Å²) >= 11 is 5.95. The maximum Gasteiger partial charge on any atom is 0.245 e. The molecule has 74 valence electrons. The van der Waals surface area contributed by atoms with Crippen molar-refractivity contribution >= 4 is 23.2 Å². The van der Waals surface area contributed by atoms with Crippen LogP contribution in [0.15, 0.2) is 18.2 Å². The molecule has 4 heteroatoms. The van der Waals surface area contributed by atoms with Crippen molar-refractivity contribution in [2.24, 2.45) is 5.73 Å². The molecule has 1 heterocycles. The molecule has 1 atom stereocenters. The second-order valence-corrected chi connectivity index (χ2v) is 3.85. The average Bonchev–Trinajstić information content (AvgIpc) is 2.19. The van der Waals surface area contributed by atoms with Crippen LogP contribution in [-0.4, -0.2) is 18.5 Å². The number of carbonyl (C=O) groups excluding carboxylic acids is 1. The van der Waals surface area contributed by atoms with Gasteiger partial charge in [-0.15, -0.1) is 0 Å². The molecule has 1 aromatic rings. The van der Waals surface area contributed by atoms with Crippen molar-refractivity contribution in [3.8, 4) is 0 Å². The maximum atomic E-state index is 11.4. The molecule has 3 nitrogen and oxygen atoms in total. The number of nitrogens with zero attached hydrogens (tertiary/aromatic N) is 1. The molecule has 1 unspecified atom stereocenters. The van der Waals surface area contributed by atoms with E-state index in [-0.39, 0.29) is 11.9 Å². The average molecular weight is 211 g/mol. The molecule has 1 saturated heterocycles. The van der Waals surface area contributed by atoms with Gasteiger partial charge in [0.25, 0.3) is 0 Å². The van der Waals surface area contributed by atoms with Gasteiger partial charge in [-0.25, -0.2) is 0 Å². The Morgan fingerprint density at radius 3 is 2.86 bits per heavy atom. The number of amides is 1. The first kappa shape index (κ1) is 9.49. The number of nitrogens with two attached hydrogens (primary N) is 1. The zero-order chi connectivity index (χ0) is 10.3. The first-order valence-corrected chi connectivity index (χ1v) is 4.81. The molecule has 1 aliphatic rings. The molecule has 1 aromatic carbocycles. The summed E-state index contributed by atoms with van der Waals surface area (Å²) in [5.41, 5.74) is 7.30. The Morgan fingerprint density at radius 1 is 1.57 bits per heavy atom. The van der Waals surface area contributed by atoms with Gasteiger partial charge in [-0.3, -0.25) is 4.79 Å². The van der Waals surface area contributed by atoms with Crippen molar-refractivity contribution in [2.75, 3.05) is 11.4 Å². The number of anilines is 1. The number of hydrogen-bond donors (Lipinski definition) is 1. The van der Waals surface area contributed by atoms with E-state index in [1.807, 2.05) is 25.1 Å². The highest BCUT2D eigenvalue weighted by Crippen LogP contribution is 2.29. The number of halogens is 1. The van der Waals surface area contributed by atoms with E-state index in [0.29, 0.717) is 11.6 Å². The van der Waals surface area contributed by atoms with Gasteiger partial charge in [-0.05, 0) is 24.6 Å². The molecule has 0 bridgehead atoms. The molecular formula is C10H11ClN2O. The number of hydrogen-bond acceptors (Lipinski definition) is 2. The van der Waals surface area contributed by atoms with E-state index in [1.54, 1.807) is 4.90 Å². The zero-order valence-corrected chi connectivity index (χ0v) is 8.58. The van der Waals surface area contributed by atoms with Gasteiger partial charge < -0.3 is 10.6 Å². The van der Waals surface area contributed by atoms with Crippen LogP contribution in [0.5, 0.6) is 0 Å². The maximum absolute atomic E-state index is 11.4. The molecule has 0 aliphatic carbocycles. The lowest BCUT2D eigenvalue weighted by Gasteiger charge is -2.37. The molecule has 1 aliphatic heterocycles. The summed E-state index contributed by atoms with van der Waals surface area (Å²) in [6.45, 7) is 2.48. The Balaban J connectivity index is 2.34. The Morgan fingerprint density at radius 2 is 2.29 bits per heavy atom. The Labute approximate surface area is 87.4 Å². The second-order valence-electron chi connectivity index (χ2n) is 3.44. The summed E-state index contributed by atoms with van der Waals surface area (Å²) in [5, 5.41) is 0.677. The smallest absolute Gasteiger partial charge is 0.245 e. The lowest BCUT2D eigenvalue weighted by Crippen LogP contribution is -2.61. The van der Waals surface area contributed by atoms with Crippen molar-refractivity contribution in [3.05, 3.63) is 28.8 Å². The number of rotatable bonds is 1. The molecule has 0 saturated carbocycles. The van der Waals surface area contributed by atoms with Crippen LogP contribution < -0.4 is 10.6 Å². The second kappa shape index (κ2) is 3.26. The highest BCUT2D eigenvalue weighted by molar-refractivity contribution is 6.31. The fourth-order valence-corrected chi connectivity index (χ4v) is 1.73. The van der Waals surface area contributed by atoms with Crippen LogP contribution in [0.1, 0.15) is 5.56 Å². The fraction of sp³-hybridized carbons (Fsp3) is 0.300. The van der Waals surface area contributed by atoms with Crippen LogP contribution in [0.2, 0.25) is 5.02 Å². The SMILES string of the molecule is Cc1c(Cl)cccc1N1CC(N)C1=O.